The number of benzene rings is 1. The highest BCUT2D eigenvalue weighted by Gasteiger charge is 2.08. The van der Waals surface area contributed by atoms with Gasteiger partial charge in [-0.2, -0.15) is 5.26 Å². The van der Waals surface area contributed by atoms with Gasteiger partial charge in [0.25, 0.3) is 5.91 Å². The highest BCUT2D eigenvalue weighted by molar-refractivity contribution is 8.04. The van der Waals surface area contributed by atoms with E-state index in [4.69, 9.17) is 24.2 Å². The van der Waals surface area contributed by atoms with Crippen LogP contribution in [0.25, 0.3) is 0 Å². The zero-order chi connectivity index (χ0) is 23.4. The lowest BCUT2D eigenvalue weighted by Gasteiger charge is -2.11. The van der Waals surface area contributed by atoms with Gasteiger partial charge in [0.15, 0.2) is 0 Å². The predicted molar refractivity (Wildman–Crippen MR) is 127 cm³/mol. The number of nitriles is 1. The fourth-order valence-electron chi connectivity index (χ4n) is 2.51. The fraction of sp³-hybridized carbons (Fsp3) is 0.652. The lowest BCUT2D eigenvalue weighted by molar-refractivity contribution is 0.0147. The highest BCUT2D eigenvalue weighted by atomic mass is 32.2. The molecule has 0 saturated heterocycles. The molecule has 8 nitrogen and oxygen atoms in total. The average Bonchev–Trinajstić information content (AvgIpc) is 2.78. The van der Waals surface area contributed by atoms with Crippen LogP contribution < -0.4 is 15.4 Å². The summed E-state index contributed by atoms with van der Waals surface area (Å²) < 4.78 is 22.1. The largest absolute Gasteiger partial charge is 0.492 e. The molecule has 0 fully saturated rings. The molecular weight excluding hydrogens is 430 g/mol. The Bertz CT molecular complexity index is 669. The van der Waals surface area contributed by atoms with Crippen molar-refractivity contribution in [2.24, 2.45) is 0 Å². The van der Waals surface area contributed by atoms with Crippen LogP contribution in [-0.2, 0) is 14.2 Å². The summed E-state index contributed by atoms with van der Waals surface area (Å²) in [6.45, 7) is 11.2. The van der Waals surface area contributed by atoms with E-state index in [1.165, 1.54) is 0 Å². The molecule has 180 valence electrons. The quantitative estimate of drug-likeness (QED) is 0.237. The standard InChI is InChI=1S/C23H37N3O5S/c1-19(2)25-8-5-10-28-12-14-30-15-13-29-11-9-26-23(27)21-6-4-7-22(16-21)31-17-20(3)32-18-24/h4,6-7,16,19-20,25H,5,8-15,17H2,1-3H3,(H,26,27). The lowest BCUT2D eigenvalue weighted by atomic mass is 10.2. The Balaban J connectivity index is 2.01. The smallest absolute Gasteiger partial charge is 0.251 e. The van der Waals surface area contributed by atoms with Gasteiger partial charge in [0.05, 0.1) is 38.3 Å². The van der Waals surface area contributed by atoms with Crippen molar-refractivity contribution in [3.8, 4) is 11.2 Å². The van der Waals surface area contributed by atoms with Crippen molar-refractivity contribution in [3.05, 3.63) is 29.8 Å². The number of ether oxygens (including phenoxy) is 4. The van der Waals surface area contributed by atoms with Crippen LogP contribution in [0.3, 0.4) is 0 Å². The third kappa shape index (κ3) is 15.1. The molecule has 1 aromatic carbocycles. The number of rotatable bonds is 19. The predicted octanol–water partition coefficient (Wildman–Crippen LogP) is 2.84. The van der Waals surface area contributed by atoms with E-state index in [-0.39, 0.29) is 11.2 Å². The van der Waals surface area contributed by atoms with Crippen LogP contribution >= 0.6 is 11.8 Å². The SMILES string of the molecule is CC(C)NCCCOCCOCCOCCNC(=O)c1cccc(OCC(C)SC#N)c1. The second-order valence-corrected chi connectivity index (χ2v) is 8.64. The number of thiocyanates is 1. The Morgan fingerprint density at radius 2 is 1.72 bits per heavy atom. The number of nitrogens with zero attached hydrogens (tertiary/aromatic N) is 1. The summed E-state index contributed by atoms with van der Waals surface area (Å²) in [4.78, 5) is 12.3. The molecule has 0 aliphatic rings. The summed E-state index contributed by atoms with van der Waals surface area (Å²) in [5, 5.41) is 16.9. The van der Waals surface area contributed by atoms with Gasteiger partial charge in [-0.25, -0.2) is 0 Å². The highest BCUT2D eigenvalue weighted by Crippen LogP contribution is 2.16. The molecule has 1 aromatic rings. The van der Waals surface area contributed by atoms with Crippen LogP contribution in [0.5, 0.6) is 5.75 Å². The number of carbonyl (C=O) groups is 1. The van der Waals surface area contributed by atoms with Gasteiger partial charge in [0, 0.05) is 24.8 Å². The Morgan fingerprint density at radius 3 is 2.41 bits per heavy atom. The Morgan fingerprint density at radius 1 is 1.03 bits per heavy atom. The summed E-state index contributed by atoms with van der Waals surface area (Å²) in [6.07, 6.45) is 0.991. The number of thioether (sulfide) groups is 1. The molecule has 0 aliphatic heterocycles. The van der Waals surface area contributed by atoms with Crippen molar-refractivity contribution in [2.45, 2.75) is 38.5 Å². The normalized spacial score (nSPS) is 11.8. The van der Waals surface area contributed by atoms with Crippen LogP contribution in [0.4, 0.5) is 0 Å². The maximum atomic E-state index is 12.3. The first-order chi connectivity index (χ1) is 15.5. The fourth-order valence-corrected chi connectivity index (χ4v) is 2.83. The first-order valence-corrected chi connectivity index (χ1v) is 11.9. The topological polar surface area (TPSA) is 102 Å². The van der Waals surface area contributed by atoms with E-state index in [1.807, 2.05) is 12.3 Å². The van der Waals surface area contributed by atoms with Crippen LogP contribution in [-0.4, -0.2) is 76.5 Å². The van der Waals surface area contributed by atoms with Crippen LogP contribution in [0, 0.1) is 10.7 Å². The molecule has 1 rings (SSSR count). The van der Waals surface area contributed by atoms with Crippen molar-refractivity contribution in [1.82, 2.24) is 10.6 Å². The van der Waals surface area contributed by atoms with Crippen molar-refractivity contribution in [3.63, 3.8) is 0 Å². The minimum atomic E-state index is -0.185. The van der Waals surface area contributed by atoms with Gasteiger partial charge in [-0.15, -0.1) is 0 Å². The first kappa shape index (κ1) is 28.2. The number of hydrogen-bond donors (Lipinski definition) is 2. The zero-order valence-corrected chi connectivity index (χ0v) is 20.2. The van der Waals surface area contributed by atoms with Crippen LogP contribution in [0.15, 0.2) is 24.3 Å². The molecule has 1 atom stereocenters. The average molecular weight is 468 g/mol. The van der Waals surface area contributed by atoms with Gasteiger partial charge in [-0.05, 0) is 49.9 Å². The Labute approximate surface area is 196 Å². The Kier molecular flexibility index (Phi) is 16.5. The number of amides is 1. The molecule has 32 heavy (non-hydrogen) atoms. The van der Waals surface area contributed by atoms with Crippen molar-refractivity contribution >= 4 is 17.7 Å². The van der Waals surface area contributed by atoms with E-state index in [1.54, 1.807) is 24.3 Å². The summed E-state index contributed by atoms with van der Waals surface area (Å²) in [5.41, 5.74) is 0.520. The molecule has 0 radical (unpaired) electrons. The molecular formula is C23H37N3O5S. The third-order valence-electron chi connectivity index (χ3n) is 4.13. The number of carbonyl (C=O) groups excluding carboxylic acids is 1. The minimum Gasteiger partial charge on any atom is -0.492 e. The van der Waals surface area contributed by atoms with E-state index in [0.29, 0.717) is 63.5 Å². The molecule has 2 N–H and O–H groups in total. The molecule has 0 aromatic heterocycles. The van der Waals surface area contributed by atoms with E-state index in [2.05, 4.69) is 24.5 Å². The maximum Gasteiger partial charge on any atom is 0.251 e. The van der Waals surface area contributed by atoms with Crippen molar-refractivity contribution in [1.29, 1.82) is 5.26 Å². The Hall–Kier alpha value is -1.83. The molecule has 0 spiro atoms. The van der Waals surface area contributed by atoms with E-state index >= 15 is 0 Å². The van der Waals surface area contributed by atoms with Crippen LogP contribution in [0.1, 0.15) is 37.6 Å². The maximum absolute atomic E-state index is 12.3. The molecule has 0 bridgehead atoms. The van der Waals surface area contributed by atoms with E-state index in [9.17, 15) is 4.79 Å². The van der Waals surface area contributed by atoms with Gasteiger partial charge >= 0.3 is 0 Å². The number of hydrogen-bond acceptors (Lipinski definition) is 8. The van der Waals surface area contributed by atoms with Gasteiger partial charge in [-0.1, -0.05) is 19.9 Å². The van der Waals surface area contributed by atoms with Crippen LogP contribution in [0.2, 0.25) is 0 Å². The van der Waals surface area contributed by atoms with Gasteiger partial charge in [0.2, 0.25) is 0 Å². The van der Waals surface area contributed by atoms with Gasteiger partial charge < -0.3 is 29.6 Å². The third-order valence-corrected chi connectivity index (χ3v) is 4.77. The van der Waals surface area contributed by atoms with E-state index in [0.717, 1.165) is 31.3 Å². The molecule has 1 unspecified atom stereocenters. The summed E-state index contributed by atoms with van der Waals surface area (Å²) in [5.74, 6) is 0.420. The van der Waals surface area contributed by atoms with Gasteiger partial charge in [0.1, 0.15) is 17.8 Å². The number of nitrogens with one attached hydrogen (secondary N) is 2. The summed E-state index contributed by atoms with van der Waals surface area (Å²) >= 11 is 1.16. The first-order valence-electron chi connectivity index (χ1n) is 11.0. The molecule has 9 heteroatoms. The summed E-state index contributed by atoms with van der Waals surface area (Å²) in [6, 6.07) is 7.49. The van der Waals surface area contributed by atoms with E-state index < -0.39 is 0 Å². The van der Waals surface area contributed by atoms with Gasteiger partial charge in [-0.3, -0.25) is 4.79 Å². The molecule has 0 saturated carbocycles. The zero-order valence-electron chi connectivity index (χ0n) is 19.4. The van der Waals surface area contributed by atoms with Crippen molar-refractivity contribution in [2.75, 3.05) is 59.3 Å². The lowest BCUT2D eigenvalue weighted by Crippen LogP contribution is -2.27. The van der Waals surface area contributed by atoms with Crippen molar-refractivity contribution < 1.29 is 23.7 Å². The second kappa shape index (κ2) is 18.7. The molecule has 0 aliphatic carbocycles. The molecule has 1 amide bonds. The molecule has 0 heterocycles. The second-order valence-electron chi connectivity index (χ2n) is 7.41. The minimum absolute atomic E-state index is 0.0586. The summed E-state index contributed by atoms with van der Waals surface area (Å²) in [7, 11) is 0. The monoisotopic (exact) mass is 467 g/mol.